The number of halogens is 1. The highest BCUT2D eigenvalue weighted by molar-refractivity contribution is 7.89. The van der Waals surface area contributed by atoms with Gasteiger partial charge in [0.15, 0.2) is 0 Å². The average Bonchev–Trinajstić information content (AvgIpc) is 2.67. The minimum Gasteiger partial charge on any atom is -0.350 e. The Hall–Kier alpha value is -2.78. The van der Waals surface area contributed by atoms with Crippen molar-refractivity contribution in [1.82, 2.24) is 15.4 Å². The zero-order valence-electron chi connectivity index (χ0n) is 18.0. The molecule has 168 valence electrons. The first-order valence-electron chi connectivity index (χ1n) is 9.82. The Morgan fingerprint density at radius 3 is 2.13 bits per heavy atom. The van der Waals surface area contributed by atoms with Crippen LogP contribution in [0.1, 0.15) is 33.3 Å². The molecule has 0 aliphatic carbocycles. The minimum absolute atomic E-state index is 0.0218. The van der Waals surface area contributed by atoms with Crippen LogP contribution in [0, 0.1) is 5.82 Å². The van der Waals surface area contributed by atoms with Gasteiger partial charge in [-0.05, 0) is 51.8 Å². The van der Waals surface area contributed by atoms with Crippen molar-refractivity contribution in [2.75, 3.05) is 0 Å². The number of benzene rings is 2. The lowest BCUT2D eigenvalue weighted by Gasteiger charge is -2.25. The third kappa shape index (κ3) is 7.45. The molecule has 3 N–H and O–H groups in total. The van der Waals surface area contributed by atoms with E-state index in [1.807, 2.05) is 0 Å². The number of carbonyl (C=O) groups excluding carboxylic acids is 2. The summed E-state index contributed by atoms with van der Waals surface area (Å²) in [6.07, 6.45) is 0.0218. The summed E-state index contributed by atoms with van der Waals surface area (Å²) < 4.78 is 41.9. The fraction of sp³-hybridized carbons (Fsp3) is 0.364. The lowest BCUT2D eigenvalue weighted by molar-refractivity contribution is -0.130. The van der Waals surface area contributed by atoms with E-state index in [0.717, 1.165) is 12.1 Å². The van der Waals surface area contributed by atoms with E-state index in [1.165, 1.54) is 19.1 Å². The Balaban J connectivity index is 2.25. The summed E-state index contributed by atoms with van der Waals surface area (Å²) in [4.78, 5) is 24.7. The molecule has 2 atom stereocenters. The van der Waals surface area contributed by atoms with Gasteiger partial charge in [-0.3, -0.25) is 9.59 Å². The molecule has 0 radical (unpaired) electrons. The zero-order valence-corrected chi connectivity index (χ0v) is 18.8. The topological polar surface area (TPSA) is 104 Å². The highest BCUT2D eigenvalue weighted by atomic mass is 32.2. The number of rotatable bonds is 8. The van der Waals surface area contributed by atoms with Crippen molar-refractivity contribution in [2.45, 2.75) is 56.6 Å². The Labute approximate surface area is 182 Å². The number of sulfonamides is 1. The maximum atomic E-state index is 14.1. The first-order valence-corrected chi connectivity index (χ1v) is 11.3. The molecular formula is C22H28FN3O4S. The molecule has 2 rings (SSSR count). The quantitative estimate of drug-likeness (QED) is 0.574. The van der Waals surface area contributed by atoms with Gasteiger partial charge in [-0.25, -0.2) is 12.8 Å². The second-order valence-electron chi connectivity index (χ2n) is 8.26. The molecule has 2 amide bonds. The van der Waals surface area contributed by atoms with Crippen LogP contribution < -0.4 is 15.4 Å². The number of hydrogen-bond donors (Lipinski definition) is 3. The van der Waals surface area contributed by atoms with Gasteiger partial charge in [-0.2, -0.15) is 4.72 Å². The second kappa shape index (κ2) is 10.0. The van der Waals surface area contributed by atoms with Gasteiger partial charge < -0.3 is 10.6 Å². The highest BCUT2D eigenvalue weighted by Gasteiger charge is 2.30. The molecule has 0 heterocycles. The van der Waals surface area contributed by atoms with Crippen LogP contribution >= 0.6 is 0 Å². The molecule has 0 saturated carbocycles. The van der Waals surface area contributed by atoms with Crippen LogP contribution in [0.2, 0.25) is 0 Å². The molecular weight excluding hydrogens is 421 g/mol. The van der Waals surface area contributed by atoms with Crippen molar-refractivity contribution >= 4 is 21.8 Å². The van der Waals surface area contributed by atoms with Crippen LogP contribution in [-0.2, 0) is 26.0 Å². The number of nitrogens with one attached hydrogen (secondary N) is 3. The Kier molecular flexibility index (Phi) is 7.91. The maximum Gasteiger partial charge on any atom is 0.244 e. The van der Waals surface area contributed by atoms with Gasteiger partial charge in [0.1, 0.15) is 22.8 Å². The van der Waals surface area contributed by atoms with Crippen LogP contribution in [0.3, 0.4) is 0 Å². The summed E-state index contributed by atoms with van der Waals surface area (Å²) >= 11 is 0. The number of carbonyl (C=O) groups is 2. The molecule has 7 nitrogen and oxygen atoms in total. The Morgan fingerprint density at radius 2 is 1.55 bits per heavy atom. The van der Waals surface area contributed by atoms with E-state index in [0.29, 0.717) is 5.56 Å². The summed E-state index contributed by atoms with van der Waals surface area (Å²) in [5.74, 6) is -2.02. The second-order valence-corrected chi connectivity index (χ2v) is 9.95. The molecule has 0 aliphatic rings. The predicted molar refractivity (Wildman–Crippen MR) is 116 cm³/mol. The predicted octanol–water partition coefficient (Wildman–Crippen LogP) is 2.13. The highest BCUT2D eigenvalue weighted by Crippen LogP contribution is 2.15. The van der Waals surface area contributed by atoms with Crippen molar-refractivity contribution < 1.29 is 22.4 Å². The summed E-state index contributed by atoms with van der Waals surface area (Å²) in [7, 11) is -4.33. The number of amides is 2. The van der Waals surface area contributed by atoms with Crippen LogP contribution in [0.5, 0.6) is 0 Å². The third-order valence-corrected chi connectivity index (χ3v) is 5.78. The fourth-order valence-electron chi connectivity index (χ4n) is 2.81. The van der Waals surface area contributed by atoms with Gasteiger partial charge in [0.05, 0.1) is 0 Å². The zero-order chi connectivity index (χ0) is 23.2. The van der Waals surface area contributed by atoms with E-state index >= 15 is 0 Å². The van der Waals surface area contributed by atoms with Gasteiger partial charge in [-0.15, -0.1) is 0 Å². The fourth-order valence-corrected chi connectivity index (χ4v) is 4.08. The van der Waals surface area contributed by atoms with Crippen molar-refractivity contribution in [3.63, 3.8) is 0 Å². The Morgan fingerprint density at radius 1 is 0.968 bits per heavy atom. The molecule has 0 aliphatic heterocycles. The third-order valence-electron chi connectivity index (χ3n) is 4.27. The standard InChI is InChI=1S/C22H28FN3O4S/c1-15(20(27)25-22(2,3)4)24-21(28)18(14-16-10-6-5-7-11-16)26-31(29,30)19-13-9-8-12-17(19)23/h5-13,15,18,26H,14H2,1-4H3,(H,24,28)(H,25,27)/t15-,18+/m0/s1. The molecule has 0 bridgehead atoms. The molecule has 0 spiro atoms. The minimum atomic E-state index is -4.33. The molecule has 0 fully saturated rings. The van der Waals surface area contributed by atoms with Gasteiger partial charge >= 0.3 is 0 Å². The summed E-state index contributed by atoms with van der Waals surface area (Å²) in [5.41, 5.74) is 0.206. The van der Waals surface area contributed by atoms with E-state index < -0.39 is 50.2 Å². The normalized spacial score (nSPS) is 13.8. The number of hydrogen-bond acceptors (Lipinski definition) is 4. The van der Waals surface area contributed by atoms with E-state index in [1.54, 1.807) is 51.1 Å². The summed E-state index contributed by atoms with van der Waals surface area (Å²) in [5, 5.41) is 5.29. The lowest BCUT2D eigenvalue weighted by atomic mass is 10.1. The lowest BCUT2D eigenvalue weighted by Crippen LogP contribution is -2.55. The SMILES string of the molecule is C[C@H](NC(=O)[C@@H](Cc1ccccc1)NS(=O)(=O)c1ccccc1F)C(=O)NC(C)(C)C. The molecule has 0 saturated heterocycles. The van der Waals surface area contributed by atoms with Crippen molar-refractivity contribution in [3.05, 3.63) is 66.0 Å². The smallest absolute Gasteiger partial charge is 0.244 e. The van der Waals surface area contributed by atoms with E-state index in [2.05, 4.69) is 15.4 Å². The van der Waals surface area contributed by atoms with E-state index in [-0.39, 0.29) is 6.42 Å². The van der Waals surface area contributed by atoms with E-state index in [4.69, 9.17) is 0 Å². The molecule has 0 unspecified atom stereocenters. The van der Waals surface area contributed by atoms with Gasteiger partial charge in [0.25, 0.3) is 0 Å². The summed E-state index contributed by atoms with van der Waals surface area (Å²) in [6, 6.07) is 11.6. The Bertz CT molecular complexity index is 1020. The average molecular weight is 450 g/mol. The van der Waals surface area contributed by atoms with Gasteiger partial charge in [0, 0.05) is 5.54 Å². The largest absolute Gasteiger partial charge is 0.350 e. The van der Waals surface area contributed by atoms with Crippen LogP contribution in [0.4, 0.5) is 4.39 Å². The molecule has 2 aromatic rings. The molecule has 9 heteroatoms. The van der Waals surface area contributed by atoms with Gasteiger partial charge in [-0.1, -0.05) is 42.5 Å². The van der Waals surface area contributed by atoms with Crippen LogP contribution in [0.15, 0.2) is 59.5 Å². The molecule has 0 aromatic heterocycles. The first-order chi connectivity index (χ1) is 14.4. The summed E-state index contributed by atoms with van der Waals surface area (Å²) in [6.45, 7) is 6.92. The first kappa shape index (κ1) is 24.5. The molecule has 31 heavy (non-hydrogen) atoms. The van der Waals surface area contributed by atoms with Crippen LogP contribution in [0.25, 0.3) is 0 Å². The van der Waals surface area contributed by atoms with Crippen LogP contribution in [-0.4, -0.2) is 37.9 Å². The van der Waals surface area contributed by atoms with Crippen molar-refractivity contribution in [2.24, 2.45) is 0 Å². The van der Waals surface area contributed by atoms with Gasteiger partial charge in [0.2, 0.25) is 21.8 Å². The maximum absolute atomic E-state index is 14.1. The van der Waals surface area contributed by atoms with Crippen molar-refractivity contribution in [3.8, 4) is 0 Å². The molecule has 2 aromatic carbocycles. The van der Waals surface area contributed by atoms with E-state index in [9.17, 15) is 22.4 Å². The van der Waals surface area contributed by atoms with Crippen molar-refractivity contribution in [1.29, 1.82) is 0 Å². The monoisotopic (exact) mass is 449 g/mol.